The summed E-state index contributed by atoms with van der Waals surface area (Å²) in [5.41, 5.74) is 1.82. The maximum absolute atomic E-state index is 12.0. The number of carboxylic acid groups (broad SMARTS) is 1. The van der Waals surface area contributed by atoms with Crippen molar-refractivity contribution in [1.82, 2.24) is 24.8 Å². The van der Waals surface area contributed by atoms with Crippen LogP contribution >= 0.6 is 0 Å². The van der Waals surface area contributed by atoms with Crippen molar-refractivity contribution < 1.29 is 28.9 Å². The number of imidazole rings is 1. The molecule has 1 aromatic carbocycles. The molecular weight excluding hydrogens is 468 g/mol. The van der Waals surface area contributed by atoms with E-state index in [2.05, 4.69) is 25.6 Å². The largest absolute Gasteiger partial charge is 0.481 e. The average molecular weight is 495 g/mol. The predicted octanol–water partition coefficient (Wildman–Crippen LogP) is 2.55. The number of ether oxygens (including phenoxy) is 3. The van der Waals surface area contributed by atoms with Gasteiger partial charge in [0, 0.05) is 13.0 Å². The van der Waals surface area contributed by atoms with Crippen LogP contribution in [0.25, 0.3) is 17.2 Å². The van der Waals surface area contributed by atoms with Crippen molar-refractivity contribution in [3.8, 4) is 0 Å². The second-order valence-corrected chi connectivity index (χ2v) is 8.37. The molecule has 0 aliphatic carbocycles. The molecule has 2 saturated heterocycles. The summed E-state index contributed by atoms with van der Waals surface area (Å²) in [6, 6.07) is 9.36. The number of aromatic nitrogens is 4. The maximum atomic E-state index is 12.0. The van der Waals surface area contributed by atoms with Crippen molar-refractivity contribution in [2.75, 3.05) is 11.9 Å². The zero-order valence-electron chi connectivity index (χ0n) is 19.5. The fourth-order valence-electron chi connectivity index (χ4n) is 4.37. The van der Waals surface area contributed by atoms with E-state index in [0.717, 1.165) is 5.56 Å². The summed E-state index contributed by atoms with van der Waals surface area (Å²) in [7, 11) is 0. The minimum absolute atomic E-state index is 0.0675. The fraction of sp³-hybridized carbons (Fsp3) is 0.375. The highest BCUT2D eigenvalue weighted by Gasteiger charge is 2.53. The maximum Gasteiger partial charge on any atom is 0.320 e. The monoisotopic (exact) mass is 494 g/mol. The minimum atomic E-state index is -0.917. The first kappa shape index (κ1) is 23.9. The molecule has 5 atom stereocenters. The van der Waals surface area contributed by atoms with Gasteiger partial charge in [0.1, 0.15) is 18.5 Å². The molecule has 2 aliphatic rings. The molecule has 12 heteroatoms. The quantitative estimate of drug-likeness (QED) is 0.429. The number of carboxylic acids is 1. The lowest BCUT2D eigenvalue weighted by Crippen LogP contribution is -2.29. The number of rotatable bonds is 8. The number of aliphatic carboxylic acids is 1. The lowest BCUT2D eigenvalue weighted by atomic mass is 10.1. The van der Waals surface area contributed by atoms with Gasteiger partial charge in [-0.2, -0.15) is 0 Å². The molecule has 12 nitrogen and oxygen atoms in total. The average Bonchev–Trinajstić information content (AvgIpc) is 3.56. The van der Waals surface area contributed by atoms with Gasteiger partial charge in [0.25, 0.3) is 0 Å². The van der Waals surface area contributed by atoms with E-state index in [1.807, 2.05) is 49.4 Å². The van der Waals surface area contributed by atoms with Crippen LogP contribution in [-0.4, -0.2) is 67.8 Å². The smallest absolute Gasteiger partial charge is 0.320 e. The molecule has 3 aromatic rings. The molecule has 3 N–H and O–H groups in total. The van der Waals surface area contributed by atoms with Crippen molar-refractivity contribution in [2.24, 2.45) is 0 Å². The van der Waals surface area contributed by atoms with Crippen molar-refractivity contribution in [2.45, 2.75) is 50.6 Å². The predicted molar refractivity (Wildman–Crippen MR) is 128 cm³/mol. The zero-order chi connectivity index (χ0) is 25.1. The van der Waals surface area contributed by atoms with Gasteiger partial charge in [-0.3, -0.25) is 14.7 Å². The summed E-state index contributed by atoms with van der Waals surface area (Å²) in [5, 5.41) is 14.5. The molecule has 0 saturated carbocycles. The Morgan fingerprint density at radius 1 is 1.11 bits per heavy atom. The number of nitrogens with zero attached hydrogens (tertiary/aromatic N) is 4. The Balaban J connectivity index is 1.41. The normalized spacial score (nSPS) is 25.3. The van der Waals surface area contributed by atoms with E-state index >= 15 is 0 Å². The highest BCUT2D eigenvalue weighted by atomic mass is 16.8. The summed E-state index contributed by atoms with van der Waals surface area (Å²) in [4.78, 5) is 36.1. The summed E-state index contributed by atoms with van der Waals surface area (Å²) in [6.45, 7) is 2.27. The lowest BCUT2D eigenvalue weighted by Gasteiger charge is -2.20. The molecule has 0 spiro atoms. The molecule has 0 bridgehead atoms. The Morgan fingerprint density at radius 2 is 1.92 bits per heavy atom. The van der Waals surface area contributed by atoms with Crippen molar-refractivity contribution >= 4 is 35.1 Å². The van der Waals surface area contributed by atoms with Gasteiger partial charge in [0.15, 0.2) is 29.5 Å². The van der Waals surface area contributed by atoms with Crippen molar-refractivity contribution in [3.63, 3.8) is 0 Å². The topological polar surface area (TPSA) is 150 Å². The molecular formula is C24H26N6O6. The molecule has 188 valence electrons. The first-order valence-corrected chi connectivity index (χ1v) is 11.7. The van der Waals surface area contributed by atoms with E-state index in [1.54, 1.807) is 10.9 Å². The van der Waals surface area contributed by atoms with Gasteiger partial charge >= 0.3 is 12.0 Å². The first-order chi connectivity index (χ1) is 17.5. The SMILES string of the molecule is CCNC(=O)Nc1ncnc2c1ncn2[C@@H]1O[C@H](CCC(=O)O)C2O[C@H](C=Cc3ccccc3)O[C@@H]21. The van der Waals surface area contributed by atoms with E-state index in [4.69, 9.17) is 14.2 Å². The zero-order valence-corrected chi connectivity index (χ0v) is 19.5. The van der Waals surface area contributed by atoms with Gasteiger partial charge < -0.3 is 24.6 Å². The number of carbonyl (C=O) groups excluding carboxylic acids is 1. The minimum Gasteiger partial charge on any atom is -0.481 e. The third kappa shape index (κ3) is 4.91. The Bertz CT molecular complexity index is 1260. The van der Waals surface area contributed by atoms with Crippen LogP contribution in [0.15, 0.2) is 49.1 Å². The van der Waals surface area contributed by atoms with E-state index in [0.29, 0.717) is 17.7 Å². The van der Waals surface area contributed by atoms with Crippen LogP contribution < -0.4 is 10.6 Å². The van der Waals surface area contributed by atoms with Crippen LogP contribution in [0.5, 0.6) is 0 Å². The van der Waals surface area contributed by atoms with Crippen molar-refractivity contribution in [3.05, 3.63) is 54.6 Å². The Labute approximate surface area is 206 Å². The van der Waals surface area contributed by atoms with Crippen LogP contribution in [-0.2, 0) is 19.0 Å². The van der Waals surface area contributed by atoms with Crippen LogP contribution in [0.4, 0.5) is 10.6 Å². The number of hydrogen-bond donors (Lipinski definition) is 3. The van der Waals surface area contributed by atoms with Gasteiger partial charge in [-0.25, -0.2) is 19.7 Å². The molecule has 5 rings (SSSR count). The number of fused-ring (bicyclic) bond motifs is 2. The van der Waals surface area contributed by atoms with E-state index in [9.17, 15) is 14.7 Å². The summed E-state index contributed by atoms with van der Waals surface area (Å²) < 4.78 is 20.3. The van der Waals surface area contributed by atoms with Crippen LogP contribution in [0.3, 0.4) is 0 Å². The molecule has 2 fully saturated rings. The van der Waals surface area contributed by atoms with Crippen LogP contribution in [0, 0.1) is 0 Å². The van der Waals surface area contributed by atoms with Crippen molar-refractivity contribution in [1.29, 1.82) is 0 Å². The Morgan fingerprint density at radius 3 is 2.69 bits per heavy atom. The van der Waals surface area contributed by atoms with Crippen LogP contribution in [0.1, 0.15) is 31.6 Å². The molecule has 2 aliphatic heterocycles. The summed E-state index contributed by atoms with van der Waals surface area (Å²) >= 11 is 0. The standard InChI is InChI=1S/C24H26N6O6/c1-2-25-24(33)29-21-18-22(27-12-26-21)30(13-28-18)23-20-19(15(34-23)9-10-16(31)32)35-17(36-20)11-8-14-6-4-3-5-7-14/h3-8,11-13,15,17,19-20,23H,2,9-10H2,1H3,(H,31,32)(H2,25,26,27,29,33)/t15-,17+,19?,20+,23-/m1/s1. The van der Waals surface area contributed by atoms with E-state index in [-0.39, 0.29) is 18.7 Å². The molecule has 36 heavy (non-hydrogen) atoms. The first-order valence-electron chi connectivity index (χ1n) is 11.7. The molecule has 4 heterocycles. The third-order valence-electron chi connectivity index (χ3n) is 5.96. The Kier molecular flexibility index (Phi) is 6.89. The number of amides is 2. The second kappa shape index (κ2) is 10.4. The summed E-state index contributed by atoms with van der Waals surface area (Å²) in [5.74, 6) is -0.658. The van der Waals surface area contributed by atoms with Gasteiger partial charge in [-0.05, 0) is 25.0 Å². The second-order valence-electron chi connectivity index (χ2n) is 8.37. The summed E-state index contributed by atoms with van der Waals surface area (Å²) in [6.07, 6.45) is 3.99. The fourth-order valence-corrected chi connectivity index (χ4v) is 4.37. The number of urea groups is 1. The highest BCUT2D eigenvalue weighted by Crippen LogP contribution is 2.42. The van der Waals surface area contributed by atoms with Gasteiger partial charge in [0.2, 0.25) is 0 Å². The number of nitrogens with one attached hydrogen (secondary N) is 2. The van der Waals surface area contributed by atoms with Gasteiger partial charge in [-0.15, -0.1) is 0 Å². The number of hydrogen-bond acceptors (Lipinski definition) is 8. The molecule has 1 unspecified atom stereocenters. The molecule has 2 aromatic heterocycles. The highest BCUT2D eigenvalue weighted by molar-refractivity contribution is 5.95. The van der Waals surface area contributed by atoms with Gasteiger partial charge in [-0.1, -0.05) is 36.4 Å². The molecule has 2 amide bonds. The number of benzene rings is 1. The lowest BCUT2D eigenvalue weighted by molar-refractivity contribution is -0.141. The van der Waals surface area contributed by atoms with Crippen LogP contribution in [0.2, 0.25) is 0 Å². The molecule has 0 radical (unpaired) electrons. The Hall–Kier alpha value is -3.87. The van der Waals surface area contributed by atoms with Gasteiger partial charge in [0.05, 0.1) is 12.4 Å². The van der Waals surface area contributed by atoms with E-state index in [1.165, 1.54) is 6.33 Å². The number of anilines is 1. The van der Waals surface area contributed by atoms with E-state index < -0.39 is 42.8 Å². The third-order valence-corrected chi connectivity index (χ3v) is 5.96. The number of carbonyl (C=O) groups is 2.